The van der Waals surface area contributed by atoms with Gasteiger partial charge in [-0.25, -0.2) is 0 Å². The van der Waals surface area contributed by atoms with E-state index in [2.05, 4.69) is 30.5 Å². The van der Waals surface area contributed by atoms with E-state index in [1.54, 1.807) is 11.3 Å². The van der Waals surface area contributed by atoms with E-state index in [0.717, 1.165) is 16.3 Å². The van der Waals surface area contributed by atoms with Crippen molar-refractivity contribution < 1.29 is 9.53 Å². The van der Waals surface area contributed by atoms with Gasteiger partial charge >= 0.3 is 5.97 Å². The lowest BCUT2D eigenvalue weighted by atomic mass is 9.92. The van der Waals surface area contributed by atoms with E-state index < -0.39 is 0 Å². The molecule has 6 heteroatoms. The average molecular weight is 379 g/mol. The number of carbonyl (C=O) groups excluding carboxylic acids is 1. The van der Waals surface area contributed by atoms with Gasteiger partial charge < -0.3 is 15.4 Å². The highest BCUT2D eigenvalue weighted by atomic mass is 35.5. The maximum absolute atomic E-state index is 12.1. The van der Waals surface area contributed by atoms with E-state index in [0.29, 0.717) is 12.6 Å². The van der Waals surface area contributed by atoms with E-state index in [1.807, 2.05) is 36.4 Å². The first-order valence-corrected chi connectivity index (χ1v) is 9.63. The fourth-order valence-electron chi connectivity index (χ4n) is 3.38. The Kier molecular flexibility index (Phi) is 5.79. The van der Waals surface area contributed by atoms with Crippen LogP contribution < -0.4 is 10.6 Å². The molecule has 0 amide bonds. The predicted octanol–water partition coefficient (Wildman–Crippen LogP) is 3.70. The quantitative estimate of drug-likeness (QED) is 0.752. The van der Waals surface area contributed by atoms with Crippen LogP contribution in [0.1, 0.15) is 30.7 Å². The molecule has 2 aromatic rings. The summed E-state index contributed by atoms with van der Waals surface area (Å²) in [6.45, 7) is 4.81. The summed E-state index contributed by atoms with van der Waals surface area (Å²) in [7, 11) is 0. The van der Waals surface area contributed by atoms with Crippen molar-refractivity contribution in [2.75, 3.05) is 6.54 Å². The Morgan fingerprint density at radius 1 is 1.36 bits per heavy atom. The number of halogens is 1. The van der Waals surface area contributed by atoms with Crippen LogP contribution in [0.5, 0.6) is 0 Å². The minimum atomic E-state index is -0.241. The lowest BCUT2D eigenvalue weighted by Gasteiger charge is -2.31. The highest BCUT2D eigenvalue weighted by Gasteiger charge is 2.44. The summed E-state index contributed by atoms with van der Waals surface area (Å²) in [6, 6.07) is 14.2. The predicted molar refractivity (Wildman–Crippen MR) is 102 cm³/mol. The molecule has 0 spiro atoms. The standard InChI is InChI=1S/C19H23ClN2O2S/c1-13-10-15(19(2,22-13)16-8-9-17(20)25-16)21-11-18(23)24-12-14-6-4-3-5-7-14/h3-9,13,15,21-22H,10-12H2,1-2H3/t13?,15-,19-/m0/s1. The molecule has 3 atom stereocenters. The first-order chi connectivity index (χ1) is 12.0. The molecule has 4 nitrogen and oxygen atoms in total. The topological polar surface area (TPSA) is 50.4 Å². The van der Waals surface area contributed by atoms with Crippen LogP contribution >= 0.6 is 22.9 Å². The molecule has 25 heavy (non-hydrogen) atoms. The van der Waals surface area contributed by atoms with Gasteiger partial charge in [-0.1, -0.05) is 41.9 Å². The van der Waals surface area contributed by atoms with Crippen molar-refractivity contribution >= 4 is 28.9 Å². The SMILES string of the molecule is CC1C[C@H](NCC(=O)OCc2ccccc2)[C@@](C)(c2ccc(Cl)s2)N1. The molecule has 1 aliphatic heterocycles. The highest BCUT2D eigenvalue weighted by Crippen LogP contribution is 2.38. The number of hydrogen-bond acceptors (Lipinski definition) is 5. The largest absolute Gasteiger partial charge is 0.460 e. The van der Waals surface area contributed by atoms with Crippen molar-refractivity contribution in [2.24, 2.45) is 0 Å². The monoisotopic (exact) mass is 378 g/mol. The van der Waals surface area contributed by atoms with Gasteiger partial charge in [0.2, 0.25) is 0 Å². The zero-order chi connectivity index (χ0) is 17.9. The average Bonchev–Trinajstić information content (AvgIpc) is 3.16. The Morgan fingerprint density at radius 3 is 2.80 bits per heavy atom. The molecule has 1 aliphatic rings. The van der Waals surface area contributed by atoms with Gasteiger partial charge in [-0.2, -0.15) is 0 Å². The smallest absolute Gasteiger partial charge is 0.320 e. The second kappa shape index (κ2) is 7.87. The van der Waals surface area contributed by atoms with Gasteiger partial charge in [-0.3, -0.25) is 4.79 Å². The van der Waals surface area contributed by atoms with Crippen LogP contribution in [0.4, 0.5) is 0 Å². The summed E-state index contributed by atoms with van der Waals surface area (Å²) in [6.07, 6.45) is 0.942. The van der Waals surface area contributed by atoms with Crippen LogP contribution in [-0.4, -0.2) is 24.6 Å². The van der Waals surface area contributed by atoms with Crippen molar-refractivity contribution in [2.45, 2.75) is 44.5 Å². The van der Waals surface area contributed by atoms with Crippen LogP contribution in [0.15, 0.2) is 42.5 Å². The van der Waals surface area contributed by atoms with Gasteiger partial charge in [0.05, 0.1) is 16.4 Å². The maximum Gasteiger partial charge on any atom is 0.320 e. The van der Waals surface area contributed by atoms with E-state index in [-0.39, 0.29) is 24.1 Å². The number of ether oxygens (including phenoxy) is 1. The molecule has 0 radical (unpaired) electrons. The summed E-state index contributed by atoms with van der Waals surface area (Å²) < 4.78 is 6.13. The first-order valence-electron chi connectivity index (χ1n) is 8.44. The normalized spacial score (nSPS) is 25.9. The molecule has 1 aromatic carbocycles. The third-order valence-corrected chi connectivity index (χ3v) is 6.12. The van der Waals surface area contributed by atoms with E-state index >= 15 is 0 Å². The van der Waals surface area contributed by atoms with Crippen LogP contribution in [0.2, 0.25) is 4.34 Å². The second-order valence-electron chi connectivity index (χ2n) is 6.67. The maximum atomic E-state index is 12.1. The fraction of sp³-hybridized carbons (Fsp3) is 0.421. The molecule has 3 rings (SSSR count). The zero-order valence-corrected chi connectivity index (χ0v) is 16.0. The Labute approximate surface area is 157 Å². The second-order valence-corrected chi connectivity index (χ2v) is 8.38. The summed E-state index contributed by atoms with van der Waals surface area (Å²) in [5.74, 6) is -0.241. The molecule has 1 aromatic heterocycles. The van der Waals surface area contributed by atoms with Crippen LogP contribution in [0.25, 0.3) is 0 Å². The van der Waals surface area contributed by atoms with E-state index in [4.69, 9.17) is 16.3 Å². The summed E-state index contributed by atoms with van der Waals surface area (Å²) in [5, 5.41) is 7.00. The number of carbonyl (C=O) groups is 1. The van der Waals surface area contributed by atoms with Crippen LogP contribution in [0.3, 0.4) is 0 Å². The van der Waals surface area contributed by atoms with E-state index in [9.17, 15) is 4.79 Å². The third kappa shape index (κ3) is 4.42. The van der Waals surface area contributed by atoms with Gasteiger partial charge in [0.25, 0.3) is 0 Å². The molecule has 134 valence electrons. The van der Waals surface area contributed by atoms with Crippen molar-refractivity contribution in [3.05, 3.63) is 57.2 Å². The summed E-state index contributed by atoms with van der Waals surface area (Å²) >= 11 is 7.69. The van der Waals surface area contributed by atoms with Gasteiger partial charge in [-0.15, -0.1) is 11.3 Å². The van der Waals surface area contributed by atoms with Crippen molar-refractivity contribution in [3.8, 4) is 0 Å². The van der Waals surface area contributed by atoms with Gasteiger partial charge in [-0.05, 0) is 38.0 Å². The first kappa shape index (κ1) is 18.4. The molecular weight excluding hydrogens is 356 g/mol. The van der Waals surface area contributed by atoms with Gasteiger partial charge in [0, 0.05) is 17.0 Å². The van der Waals surface area contributed by atoms with E-state index in [1.165, 1.54) is 4.88 Å². The molecule has 1 unspecified atom stereocenters. The highest BCUT2D eigenvalue weighted by molar-refractivity contribution is 7.16. The molecular formula is C19H23ClN2O2S. The summed E-state index contributed by atoms with van der Waals surface area (Å²) in [4.78, 5) is 13.3. The van der Waals surface area contributed by atoms with Gasteiger partial charge in [0.15, 0.2) is 0 Å². The molecule has 1 saturated heterocycles. The van der Waals surface area contributed by atoms with Crippen molar-refractivity contribution in [1.29, 1.82) is 0 Å². The van der Waals surface area contributed by atoms with Crippen LogP contribution in [0, 0.1) is 0 Å². The molecule has 2 N–H and O–H groups in total. The Balaban J connectivity index is 1.56. The fourth-order valence-corrected chi connectivity index (χ4v) is 4.59. The molecule has 1 fully saturated rings. The number of hydrogen-bond donors (Lipinski definition) is 2. The Morgan fingerprint density at radius 2 is 2.12 bits per heavy atom. The number of esters is 1. The molecule has 2 heterocycles. The van der Waals surface area contributed by atoms with Gasteiger partial charge in [0.1, 0.15) is 6.61 Å². The molecule has 0 saturated carbocycles. The Bertz CT molecular complexity index is 721. The minimum Gasteiger partial charge on any atom is -0.460 e. The number of nitrogens with one attached hydrogen (secondary N) is 2. The molecule has 0 aliphatic carbocycles. The van der Waals surface area contributed by atoms with Crippen LogP contribution in [-0.2, 0) is 21.7 Å². The minimum absolute atomic E-state index is 0.140. The lowest BCUT2D eigenvalue weighted by Crippen LogP contribution is -2.50. The van der Waals surface area contributed by atoms with Crippen molar-refractivity contribution in [1.82, 2.24) is 10.6 Å². The molecule has 0 bridgehead atoms. The summed E-state index contributed by atoms with van der Waals surface area (Å²) in [5.41, 5.74) is 0.752. The lowest BCUT2D eigenvalue weighted by molar-refractivity contribution is -0.144. The number of benzene rings is 1. The zero-order valence-electron chi connectivity index (χ0n) is 14.4. The Hall–Kier alpha value is -1.40. The third-order valence-electron chi connectivity index (χ3n) is 4.65. The van der Waals surface area contributed by atoms with Crippen molar-refractivity contribution in [3.63, 3.8) is 0 Å². The number of thiophene rings is 1. The number of rotatable bonds is 6.